The van der Waals surface area contributed by atoms with Crippen molar-refractivity contribution in [2.75, 3.05) is 6.54 Å². The lowest BCUT2D eigenvalue weighted by atomic mass is 10.1. The first-order valence-electron chi connectivity index (χ1n) is 8.28. The van der Waals surface area contributed by atoms with Crippen LogP contribution in [0, 0.1) is 12.7 Å². The van der Waals surface area contributed by atoms with E-state index in [-0.39, 0.29) is 11.7 Å². The molecule has 0 saturated heterocycles. The summed E-state index contributed by atoms with van der Waals surface area (Å²) in [6.45, 7) is 3.84. The molecule has 5 heteroatoms. The summed E-state index contributed by atoms with van der Waals surface area (Å²) in [6, 6.07) is 14.0. The van der Waals surface area contributed by atoms with E-state index in [4.69, 9.17) is 0 Å². The molecule has 0 fully saturated rings. The van der Waals surface area contributed by atoms with Crippen molar-refractivity contribution in [3.8, 4) is 11.3 Å². The smallest absolute Gasteiger partial charge is 0.254 e. The van der Waals surface area contributed by atoms with Crippen molar-refractivity contribution in [2.24, 2.45) is 0 Å². The standard InChI is InChI=1S/C20H18FN3O/c1-14-3-2-4-16(11-14)18-12-22-19-13-23(9-10-24(18)19)20(25)15-5-7-17(21)8-6-15/h2-8,11-12H,9-10,13H2,1H3. The number of aromatic nitrogens is 2. The van der Waals surface area contributed by atoms with E-state index in [1.54, 1.807) is 4.90 Å². The van der Waals surface area contributed by atoms with Crippen molar-refractivity contribution in [3.05, 3.63) is 77.5 Å². The normalized spacial score (nSPS) is 13.6. The zero-order valence-electron chi connectivity index (χ0n) is 13.9. The monoisotopic (exact) mass is 335 g/mol. The predicted octanol–water partition coefficient (Wildman–Crippen LogP) is 3.65. The summed E-state index contributed by atoms with van der Waals surface area (Å²) in [5, 5.41) is 0. The predicted molar refractivity (Wildman–Crippen MR) is 93.5 cm³/mol. The molecule has 1 aliphatic heterocycles. The number of rotatable bonds is 2. The van der Waals surface area contributed by atoms with E-state index < -0.39 is 0 Å². The van der Waals surface area contributed by atoms with Gasteiger partial charge in [0.1, 0.15) is 11.6 Å². The Morgan fingerprint density at radius 2 is 1.92 bits per heavy atom. The molecule has 0 N–H and O–H groups in total. The lowest BCUT2D eigenvalue weighted by molar-refractivity contribution is 0.0708. The van der Waals surface area contributed by atoms with Crippen LogP contribution in [0.25, 0.3) is 11.3 Å². The second kappa shape index (κ2) is 6.16. The van der Waals surface area contributed by atoms with Gasteiger partial charge in [0.25, 0.3) is 5.91 Å². The molecule has 3 aromatic rings. The molecule has 0 atom stereocenters. The number of amides is 1. The maximum absolute atomic E-state index is 13.0. The van der Waals surface area contributed by atoms with Gasteiger partial charge in [-0.25, -0.2) is 9.37 Å². The first kappa shape index (κ1) is 15.6. The van der Waals surface area contributed by atoms with Gasteiger partial charge in [0.15, 0.2) is 0 Å². The number of imidazole rings is 1. The molecule has 1 aliphatic rings. The van der Waals surface area contributed by atoms with Crippen molar-refractivity contribution >= 4 is 5.91 Å². The molecule has 0 spiro atoms. The number of carbonyl (C=O) groups is 1. The van der Waals surface area contributed by atoms with Gasteiger partial charge in [-0.1, -0.05) is 23.8 Å². The average molecular weight is 335 g/mol. The number of fused-ring (bicyclic) bond motifs is 1. The molecule has 0 aliphatic carbocycles. The van der Waals surface area contributed by atoms with E-state index in [0.29, 0.717) is 25.2 Å². The Balaban J connectivity index is 1.58. The molecular formula is C20H18FN3O. The van der Waals surface area contributed by atoms with Crippen LogP contribution < -0.4 is 0 Å². The van der Waals surface area contributed by atoms with E-state index in [1.165, 1.54) is 29.8 Å². The molecule has 0 saturated carbocycles. The Bertz CT molecular complexity index is 930. The molecule has 2 heterocycles. The number of hydrogen-bond donors (Lipinski definition) is 0. The Hall–Kier alpha value is -2.95. The SMILES string of the molecule is Cc1cccc(-c2cnc3n2CCN(C(=O)c2ccc(F)cc2)C3)c1. The topological polar surface area (TPSA) is 38.1 Å². The molecule has 0 bridgehead atoms. The minimum Gasteiger partial charge on any atom is -0.329 e. The maximum atomic E-state index is 13.0. The summed E-state index contributed by atoms with van der Waals surface area (Å²) in [4.78, 5) is 18.9. The molecule has 1 aromatic heterocycles. The Labute approximate surface area is 145 Å². The molecule has 4 nitrogen and oxygen atoms in total. The summed E-state index contributed by atoms with van der Waals surface area (Å²) in [5.41, 5.74) is 3.92. The van der Waals surface area contributed by atoms with Crippen LogP contribution in [-0.2, 0) is 13.1 Å². The van der Waals surface area contributed by atoms with Gasteiger partial charge < -0.3 is 9.47 Å². The third-order valence-electron chi connectivity index (χ3n) is 4.56. The van der Waals surface area contributed by atoms with E-state index >= 15 is 0 Å². The second-order valence-corrected chi connectivity index (χ2v) is 6.31. The van der Waals surface area contributed by atoms with Gasteiger partial charge in [-0.15, -0.1) is 0 Å². The highest BCUT2D eigenvalue weighted by Gasteiger charge is 2.24. The summed E-state index contributed by atoms with van der Waals surface area (Å²) in [7, 11) is 0. The van der Waals surface area contributed by atoms with Gasteiger partial charge in [-0.05, 0) is 37.3 Å². The fourth-order valence-corrected chi connectivity index (χ4v) is 3.24. The van der Waals surface area contributed by atoms with Crippen molar-refractivity contribution in [2.45, 2.75) is 20.0 Å². The Morgan fingerprint density at radius 3 is 2.68 bits per heavy atom. The third-order valence-corrected chi connectivity index (χ3v) is 4.56. The average Bonchev–Trinajstić information content (AvgIpc) is 3.05. The Kier molecular flexibility index (Phi) is 3.84. The van der Waals surface area contributed by atoms with Crippen molar-refractivity contribution < 1.29 is 9.18 Å². The molecule has 4 rings (SSSR count). The van der Waals surface area contributed by atoms with Gasteiger partial charge in [-0.2, -0.15) is 0 Å². The van der Waals surface area contributed by atoms with Crippen LogP contribution in [0.15, 0.2) is 54.7 Å². The quantitative estimate of drug-likeness (QED) is 0.717. The minimum absolute atomic E-state index is 0.0913. The van der Waals surface area contributed by atoms with E-state index in [9.17, 15) is 9.18 Å². The lowest BCUT2D eigenvalue weighted by Gasteiger charge is -2.28. The highest BCUT2D eigenvalue weighted by Crippen LogP contribution is 2.25. The first-order valence-corrected chi connectivity index (χ1v) is 8.28. The largest absolute Gasteiger partial charge is 0.329 e. The second-order valence-electron chi connectivity index (χ2n) is 6.31. The number of aryl methyl sites for hydroxylation is 1. The van der Waals surface area contributed by atoms with E-state index in [2.05, 4.69) is 34.7 Å². The van der Waals surface area contributed by atoms with E-state index in [1.807, 2.05) is 12.3 Å². The van der Waals surface area contributed by atoms with Crippen LogP contribution in [0.4, 0.5) is 4.39 Å². The van der Waals surface area contributed by atoms with Crippen molar-refractivity contribution in [3.63, 3.8) is 0 Å². The number of hydrogen-bond acceptors (Lipinski definition) is 2. The molecule has 0 radical (unpaired) electrons. The van der Waals surface area contributed by atoms with Gasteiger partial charge in [-0.3, -0.25) is 4.79 Å². The minimum atomic E-state index is -0.339. The van der Waals surface area contributed by atoms with Crippen LogP contribution in [0.2, 0.25) is 0 Å². The first-order chi connectivity index (χ1) is 12.1. The number of benzene rings is 2. The number of nitrogens with zero attached hydrogens (tertiary/aromatic N) is 3. The highest BCUT2D eigenvalue weighted by atomic mass is 19.1. The van der Waals surface area contributed by atoms with Crippen molar-refractivity contribution in [1.82, 2.24) is 14.5 Å². The van der Waals surface area contributed by atoms with Crippen LogP contribution in [0.3, 0.4) is 0 Å². The van der Waals surface area contributed by atoms with Gasteiger partial charge in [0, 0.05) is 24.2 Å². The molecule has 1 amide bonds. The molecule has 0 unspecified atom stereocenters. The van der Waals surface area contributed by atoms with Gasteiger partial charge >= 0.3 is 0 Å². The van der Waals surface area contributed by atoms with Gasteiger partial charge in [0.05, 0.1) is 18.4 Å². The summed E-state index contributed by atoms with van der Waals surface area (Å²) < 4.78 is 15.2. The van der Waals surface area contributed by atoms with Crippen molar-refractivity contribution in [1.29, 1.82) is 0 Å². The highest BCUT2D eigenvalue weighted by molar-refractivity contribution is 5.94. The third kappa shape index (κ3) is 2.93. The summed E-state index contributed by atoms with van der Waals surface area (Å²) >= 11 is 0. The molecule has 126 valence electrons. The molecule has 2 aromatic carbocycles. The van der Waals surface area contributed by atoms with E-state index in [0.717, 1.165) is 17.1 Å². The molecule has 25 heavy (non-hydrogen) atoms. The molecular weight excluding hydrogens is 317 g/mol. The summed E-state index contributed by atoms with van der Waals surface area (Å²) in [5.74, 6) is 0.443. The fourth-order valence-electron chi connectivity index (χ4n) is 3.24. The van der Waals surface area contributed by atoms with Crippen LogP contribution in [0.5, 0.6) is 0 Å². The van der Waals surface area contributed by atoms with Gasteiger partial charge in [0.2, 0.25) is 0 Å². The Morgan fingerprint density at radius 1 is 1.12 bits per heavy atom. The maximum Gasteiger partial charge on any atom is 0.254 e. The lowest BCUT2D eigenvalue weighted by Crippen LogP contribution is -2.38. The summed E-state index contributed by atoms with van der Waals surface area (Å²) in [6.07, 6.45) is 1.87. The van der Waals surface area contributed by atoms with Crippen LogP contribution in [-0.4, -0.2) is 26.9 Å². The van der Waals surface area contributed by atoms with Crippen LogP contribution >= 0.6 is 0 Å². The fraction of sp³-hybridized carbons (Fsp3) is 0.200. The number of carbonyl (C=O) groups excluding carboxylic acids is 1. The number of halogens is 1. The van der Waals surface area contributed by atoms with Crippen LogP contribution in [0.1, 0.15) is 21.7 Å². The zero-order chi connectivity index (χ0) is 17.4. The zero-order valence-corrected chi connectivity index (χ0v) is 13.9.